The number of rotatable bonds is 4. The number of hydrogen-bond acceptors (Lipinski definition) is 5. The van der Waals surface area contributed by atoms with Crippen LogP contribution in [0.5, 0.6) is 11.5 Å². The highest BCUT2D eigenvalue weighted by atomic mass is 19.1. The van der Waals surface area contributed by atoms with Gasteiger partial charge in [0.05, 0.1) is 19.3 Å². The van der Waals surface area contributed by atoms with Crippen LogP contribution < -0.4 is 14.4 Å². The number of methoxy groups -OCH3 is 1. The number of hydrogen-bond donors (Lipinski definition) is 0. The molecule has 2 aromatic carbocycles. The van der Waals surface area contributed by atoms with Crippen LogP contribution in [0, 0.1) is 5.82 Å². The predicted octanol–water partition coefficient (Wildman–Crippen LogP) is 2.56. The monoisotopic (exact) mass is 359 g/mol. The minimum absolute atomic E-state index is 0.0144. The van der Waals surface area contributed by atoms with Gasteiger partial charge < -0.3 is 19.1 Å². The summed E-state index contributed by atoms with van der Waals surface area (Å²) in [6.45, 7) is 1.51. The highest BCUT2D eigenvalue weighted by molar-refractivity contribution is 5.99. The lowest BCUT2D eigenvalue weighted by Crippen LogP contribution is -2.51. The predicted molar refractivity (Wildman–Crippen MR) is 91.7 cm³/mol. The molecule has 2 atom stereocenters. The Morgan fingerprint density at radius 3 is 2.62 bits per heavy atom. The number of nitrogens with zero attached hydrogens (tertiary/aromatic N) is 1. The zero-order valence-corrected chi connectivity index (χ0v) is 14.3. The molecule has 0 aromatic heterocycles. The molecule has 1 amide bonds. The fraction of sp³-hybridized carbons (Fsp3) is 0.263. The summed E-state index contributed by atoms with van der Waals surface area (Å²) >= 11 is 0. The number of benzene rings is 2. The van der Waals surface area contributed by atoms with E-state index in [9.17, 15) is 14.0 Å². The third kappa shape index (κ3) is 3.46. The number of fused-ring (bicyclic) bond motifs is 1. The number of anilines is 1. The first kappa shape index (κ1) is 17.7. The van der Waals surface area contributed by atoms with E-state index in [1.165, 1.54) is 37.1 Å². The fourth-order valence-electron chi connectivity index (χ4n) is 2.70. The van der Waals surface area contributed by atoms with E-state index in [1.807, 2.05) is 0 Å². The molecule has 0 fully saturated rings. The molecule has 0 spiro atoms. The highest BCUT2D eigenvalue weighted by Crippen LogP contribution is 2.34. The van der Waals surface area contributed by atoms with Gasteiger partial charge in [0.25, 0.3) is 5.91 Å². The number of halogens is 1. The topological polar surface area (TPSA) is 65.1 Å². The van der Waals surface area contributed by atoms with Gasteiger partial charge in [-0.3, -0.25) is 4.79 Å². The van der Waals surface area contributed by atoms with Gasteiger partial charge in [-0.1, -0.05) is 24.3 Å². The van der Waals surface area contributed by atoms with E-state index in [0.717, 1.165) is 0 Å². The van der Waals surface area contributed by atoms with E-state index in [1.54, 1.807) is 30.3 Å². The second-order valence-electron chi connectivity index (χ2n) is 5.74. The molecule has 6 nitrogen and oxygen atoms in total. The maximum absolute atomic E-state index is 13.8. The van der Waals surface area contributed by atoms with Crippen molar-refractivity contribution in [1.29, 1.82) is 0 Å². The first-order chi connectivity index (χ1) is 12.5. The second kappa shape index (κ2) is 7.43. The molecular weight excluding hydrogens is 341 g/mol. The quantitative estimate of drug-likeness (QED) is 0.785. The summed E-state index contributed by atoms with van der Waals surface area (Å²) < 4.78 is 29.6. The third-order valence-electron chi connectivity index (χ3n) is 3.99. The number of ether oxygens (including phenoxy) is 3. The summed E-state index contributed by atoms with van der Waals surface area (Å²) in [5.74, 6) is -1.18. The molecule has 7 heteroatoms. The molecule has 1 aliphatic heterocycles. The number of para-hydroxylation sites is 3. The van der Waals surface area contributed by atoms with Gasteiger partial charge in [-0.2, -0.15) is 0 Å². The average molecular weight is 359 g/mol. The van der Waals surface area contributed by atoms with Crippen LogP contribution in [0.2, 0.25) is 0 Å². The van der Waals surface area contributed by atoms with Crippen LogP contribution >= 0.6 is 0 Å². The van der Waals surface area contributed by atoms with Gasteiger partial charge in [-0.05, 0) is 31.2 Å². The molecule has 2 aromatic rings. The van der Waals surface area contributed by atoms with Crippen molar-refractivity contribution in [2.75, 3.05) is 18.6 Å². The maximum Gasteiger partial charge on any atom is 0.348 e. The first-order valence-corrected chi connectivity index (χ1v) is 8.07. The van der Waals surface area contributed by atoms with E-state index in [-0.39, 0.29) is 12.3 Å². The molecule has 0 aliphatic carbocycles. The SMILES string of the molecule is COC(=O)[C@H]1CN(C(=O)[C@H](C)Oc2ccccc2F)c2ccccc2O1. The summed E-state index contributed by atoms with van der Waals surface area (Å²) in [4.78, 5) is 26.2. The number of esters is 1. The van der Waals surface area contributed by atoms with E-state index in [4.69, 9.17) is 14.2 Å². The molecule has 1 aliphatic rings. The van der Waals surface area contributed by atoms with Crippen molar-refractivity contribution in [3.05, 3.63) is 54.3 Å². The van der Waals surface area contributed by atoms with Crippen LogP contribution in [0.1, 0.15) is 6.92 Å². The molecule has 0 saturated heterocycles. The van der Waals surface area contributed by atoms with Gasteiger partial charge in [0.2, 0.25) is 6.10 Å². The van der Waals surface area contributed by atoms with Crippen LogP contribution in [0.3, 0.4) is 0 Å². The number of amides is 1. The van der Waals surface area contributed by atoms with Crippen molar-refractivity contribution in [3.63, 3.8) is 0 Å². The van der Waals surface area contributed by atoms with E-state index >= 15 is 0 Å². The summed E-state index contributed by atoms with van der Waals surface area (Å²) in [7, 11) is 1.25. The molecule has 136 valence electrons. The summed E-state index contributed by atoms with van der Waals surface area (Å²) in [5.41, 5.74) is 0.515. The maximum atomic E-state index is 13.8. The average Bonchev–Trinajstić information content (AvgIpc) is 2.67. The van der Waals surface area contributed by atoms with Crippen molar-refractivity contribution in [2.24, 2.45) is 0 Å². The normalized spacial score (nSPS) is 16.9. The Balaban J connectivity index is 1.85. The molecular formula is C19H18FNO5. The van der Waals surface area contributed by atoms with Crippen molar-refractivity contribution >= 4 is 17.6 Å². The van der Waals surface area contributed by atoms with Gasteiger partial charge in [0, 0.05) is 0 Å². The number of carbonyl (C=O) groups is 2. The zero-order chi connectivity index (χ0) is 18.7. The van der Waals surface area contributed by atoms with Crippen molar-refractivity contribution < 1.29 is 28.2 Å². The summed E-state index contributed by atoms with van der Waals surface area (Å²) in [5, 5.41) is 0. The second-order valence-corrected chi connectivity index (χ2v) is 5.74. The Hall–Kier alpha value is -3.09. The largest absolute Gasteiger partial charge is 0.478 e. The fourth-order valence-corrected chi connectivity index (χ4v) is 2.70. The summed E-state index contributed by atoms with van der Waals surface area (Å²) in [6, 6.07) is 12.7. The lowest BCUT2D eigenvalue weighted by atomic mass is 10.1. The molecule has 0 bridgehead atoms. The van der Waals surface area contributed by atoms with Gasteiger partial charge in [0.15, 0.2) is 17.7 Å². The van der Waals surface area contributed by atoms with Crippen molar-refractivity contribution in [1.82, 2.24) is 0 Å². The zero-order valence-electron chi connectivity index (χ0n) is 14.3. The summed E-state index contributed by atoms with van der Waals surface area (Å²) in [6.07, 6.45) is -1.91. The Morgan fingerprint density at radius 2 is 1.88 bits per heavy atom. The molecule has 1 heterocycles. The van der Waals surface area contributed by atoms with Crippen molar-refractivity contribution in [2.45, 2.75) is 19.1 Å². The Labute approximate surface area is 150 Å². The van der Waals surface area contributed by atoms with Crippen LogP contribution in [-0.2, 0) is 14.3 Å². The van der Waals surface area contributed by atoms with Crippen LogP contribution in [-0.4, -0.2) is 37.7 Å². The number of carbonyl (C=O) groups excluding carboxylic acids is 2. The molecule has 0 saturated carbocycles. The molecule has 0 unspecified atom stereocenters. The van der Waals surface area contributed by atoms with Crippen LogP contribution in [0.25, 0.3) is 0 Å². The lowest BCUT2D eigenvalue weighted by molar-refractivity contribution is -0.148. The minimum Gasteiger partial charge on any atom is -0.478 e. The molecule has 0 radical (unpaired) electrons. The van der Waals surface area contributed by atoms with Gasteiger partial charge in [-0.25, -0.2) is 9.18 Å². The molecule has 3 rings (SSSR count). The standard InChI is InChI=1S/C19H18FNO5/c1-12(25-15-9-5-3-7-13(15)20)18(22)21-11-17(19(23)24-2)26-16-10-6-4-8-14(16)21/h3-10,12,17H,11H2,1-2H3/t12-,17+/m0/s1. The third-order valence-corrected chi connectivity index (χ3v) is 3.99. The Morgan fingerprint density at radius 1 is 1.19 bits per heavy atom. The van der Waals surface area contributed by atoms with Crippen LogP contribution in [0.4, 0.5) is 10.1 Å². The van der Waals surface area contributed by atoms with E-state index < -0.39 is 29.9 Å². The lowest BCUT2D eigenvalue weighted by Gasteiger charge is -2.34. The van der Waals surface area contributed by atoms with Crippen molar-refractivity contribution in [3.8, 4) is 11.5 Å². The molecule has 26 heavy (non-hydrogen) atoms. The Kier molecular flexibility index (Phi) is 5.06. The smallest absolute Gasteiger partial charge is 0.348 e. The van der Waals surface area contributed by atoms with Gasteiger partial charge in [0.1, 0.15) is 5.75 Å². The van der Waals surface area contributed by atoms with Gasteiger partial charge >= 0.3 is 5.97 Å². The molecule has 0 N–H and O–H groups in total. The minimum atomic E-state index is -0.962. The van der Waals surface area contributed by atoms with E-state index in [2.05, 4.69) is 0 Å². The highest BCUT2D eigenvalue weighted by Gasteiger charge is 2.36. The Bertz CT molecular complexity index is 825. The first-order valence-electron chi connectivity index (χ1n) is 8.07. The van der Waals surface area contributed by atoms with Gasteiger partial charge in [-0.15, -0.1) is 0 Å². The van der Waals surface area contributed by atoms with E-state index in [0.29, 0.717) is 11.4 Å². The van der Waals surface area contributed by atoms with Crippen LogP contribution in [0.15, 0.2) is 48.5 Å².